The Morgan fingerprint density at radius 1 is 0.925 bits per heavy atom. The number of allylic oxidation sites excluding steroid dienone is 1. The summed E-state index contributed by atoms with van der Waals surface area (Å²) in [5, 5.41) is 24.6. The average Bonchev–Trinajstić information content (AvgIpc) is 4.04. The number of aliphatic hydroxyl groups is 2. The highest BCUT2D eigenvalue weighted by atomic mass is 16.6. The number of rotatable bonds is 1. The maximum Gasteiger partial charge on any atom is 0.338 e. The summed E-state index contributed by atoms with van der Waals surface area (Å²) in [4.78, 5) is 80.7. The first-order valence-corrected chi connectivity index (χ1v) is 18.6. The zero-order chi connectivity index (χ0) is 37.7. The number of Topliss-reactive ketones (excluding diaryl/α,β-unsaturated/α-hetero) is 1. The third-order valence-corrected chi connectivity index (χ3v) is 15.1. The van der Waals surface area contributed by atoms with Crippen LogP contribution >= 0.6 is 0 Å². The van der Waals surface area contributed by atoms with Crippen molar-refractivity contribution >= 4 is 35.6 Å². The second kappa shape index (κ2) is 11.0. The summed E-state index contributed by atoms with van der Waals surface area (Å²) in [5.41, 5.74) is -1.65. The second-order valence-electron chi connectivity index (χ2n) is 17.3. The van der Waals surface area contributed by atoms with Crippen LogP contribution in [0.25, 0.3) is 0 Å². The Morgan fingerprint density at radius 2 is 1.62 bits per heavy atom. The summed E-state index contributed by atoms with van der Waals surface area (Å²) in [5.74, 6) is -6.30. The van der Waals surface area contributed by atoms with E-state index in [1.165, 1.54) is 20.1 Å². The Balaban J connectivity index is 1.26. The van der Waals surface area contributed by atoms with Crippen molar-refractivity contribution in [3.8, 4) is 0 Å². The highest BCUT2D eigenvalue weighted by molar-refractivity contribution is 6.09. The molecule has 0 aromatic rings. The minimum Gasteiger partial charge on any atom is -0.466 e. The van der Waals surface area contributed by atoms with Gasteiger partial charge in [0.2, 0.25) is 0 Å². The van der Waals surface area contributed by atoms with Crippen molar-refractivity contribution in [2.45, 2.75) is 83.5 Å². The number of esters is 5. The average molecular weight is 733 g/mol. The van der Waals surface area contributed by atoms with E-state index in [4.69, 9.17) is 23.7 Å². The maximum atomic E-state index is 14.6. The van der Waals surface area contributed by atoms with Gasteiger partial charge in [0.15, 0.2) is 5.78 Å². The molecule has 1 spiro atoms. The van der Waals surface area contributed by atoms with E-state index < -0.39 is 88.1 Å². The standard InChI is InChI=1S/C40H44O13/c1-16-8-29(43)52-15-39(48)24-11-23(24)37(3)25(39)12-22-20(14-51-28(42)7-6-27(41)50-13-16)36(47)53-40(22)26(37)10-19-18-9-21(18)38(4)31(19)32(40)30(33(44)34(38)45)17(2)35(46)49-5/h8,18,21,23-26,32,34,45,48H,6-7,9-15H2,1-5H3. The number of methoxy groups -OCH3 is 1. The minimum atomic E-state index is -1.51. The van der Waals surface area contributed by atoms with Crippen LogP contribution in [0.3, 0.4) is 0 Å². The summed E-state index contributed by atoms with van der Waals surface area (Å²) in [6.45, 7) is 6.15. The van der Waals surface area contributed by atoms with Gasteiger partial charge in [-0.2, -0.15) is 0 Å². The second-order valence-corrected chi connectivity index (χ2v) is 17.3. The van der Waals surface area contributed by atoms with Gasteiger partial charge < -0.3 is 33.9 Å². The molecule has 0 amide bonds. The van der Waals surface area contributed by atoms with Gasteiger partial charge in [-0.15, -0.1) is 0 Å². The SMILES string of the molecule is COC(=O)C(C)=C1C(=O)C(O)C2(C)C3=C(CC4C5(OC(=O)C6=C5CC5C(O)(COC(=O)C=C(C)COC(=O)CCC(=O)OC6)C6CC6C54C)C13)C1CC12. The van der Waals surface area contributed by atoms with Crippen molar-refractivity contribution in [3.63, 3.8) is 0 Å². The summed E-state index contributed by atoms with van der Waals surface area (Å²) in [6.07, 6.45) is 1.22. The highest BCUT2D eigenvalue weighted by Gasteiger charge is 2.84. The van der Waals surface area contributed by atoms with Crippen LogP contribution in [0, 0.1) is 52.3 Å². The van der Waals surface area contributed by atoms with E-state index >= 15 is 0 Å². The molecule has 9 aliphatic rings. The number of aliphatic hydroxyl groups excluding tert-OH is 1. The maximum absolute atomic E-state index is 14.6. The molecule has 282 valence electrons. The molecule has 5 saturated carbocycles. The molecule has 2 heterocycles. The lowest BCUT2D eigenvalue weighted by Gasteiger charge is -2.63. The molecule has 2 bridgehead atoms. The van der Waals surface area contributed by atoms with Gasteiger partial charge in [-0.25, -0.2) is 14.4 Å². The molecule has 0 radical (unpaired) electrons. The summed E-state index contributed by atoms with van der Waals surface area (Å²) in [6, 6.07) is 0. The molecule has 13 nitrogen and oxygen atoms in total. The summed E-state index contributed by atoms with van der Waals surface area (Å²) < 4.78 is 28.4. The van der Waals surface area contributed by atoms with Crippen LogP contribution in [-0.4, -0.2) is 90.1 Å². The molecule has 7 aliphatic carbocycles. The first-order valence-electron chi connectivity index (χ1n) is 18.6. The third-order valence-electron chi connectivity index (χ3n) is 15.1. The number of ketones is 1. The largest absolute Gasteiger partial charge is 0.466 e. The van der Waals surface area contributed by atoms with Crippen LogP contribution in [0.4, 0.5) is 0 Å². The predicted molar refractivity (Wildman–Crippen MR) is 179 cm³/mol. The van der Waals surface area contributed by atoms with Crippen LogP contribution in [0.2, 0.25) is 0 Å². The molecule has 9 rings (SSSR count). The number of fused-ring (bicyclic) bond motifs is 7. The molecule has 5 fully saturated rings. The van der Waals surface area contributed by atoms with E-state index in [1.807, 2.05) is 6.92 Å². The molecule has 0 aromatic heterocycles. The van der Waals surface area contributed by atoms with Crippen molar-refractivity contribution in [2.24, 2.45) is 52.3 Å². The van der Waals surface area contributed by atoms with Gasteiger partial charge in [-0.1, -0.05) is 19.4 Å². The topological polar surface area (TPSA) is 189 Å². The molecule has 0 aromatic carbocycles. The van der Waals surface area contributed by atoms with Crippen molar-refractivity contribution in [1.29, 1.82) is 0 Å². The van der Waals surface area contributed by atoms with Crippen LogP contribution in [0.1, 0.15) is 66.2 Å². The van der Waals surface area contributed by atoms with Gasteiger partial charge in [0.1, 0.15) is 37.1 Å². The molecule has 13 heteroatoms. The Kier molecular flexibility index (Phi) is 7.19. The normalized spacial score (nSPS) is 46.3. The highest BCUT2D eigenvalue weighted by Crippen LogP contribution is 2.83. The van der Waals surface area contributed by atoms with Gasteiger partial charge in [0.05, 0.1) is 31.4 Å². The van der Waals surface area contributed by atoms with E-state index in [1.54, 1.807) is 6.92 Å². The van der Waals surface area contributed by atoms with Gasteiger partial charge in [-0.3, -0.25) is 14.4 Å². The summed E-state index contributed by atoms with van der Waals surface area (Å²) >= 11 is 0. The lowest BCUT2D eigenvalue weighted by Crippen LogP contribution is -2.67. The van der Waals surface area contributed by atoms with Crippen molar-refractivity contribution in [3.05, 3.63) is 45.1 Å². The van der Waals surface area contributed by atoms with E-state index in [0.29, 0.717) is 24.0 Å². The van der Waals surface area contributed by atoms with Crippen molar-refractivity contribution < 1.29 is 62.7 Å². The molecule has 53 heavy (non-hydrogen) atoms. The fraction of sp³-hybridized carbons (Fsp3) is 0.650. The van der Waals surface area contributed by atoms with E-state index in [2.05, 4.69) is 6.92 Å². The number of carbonyl (C=O) groups excluding carboxylic acids is 6. The monoisotopic (exact) mass is 732 g/mol. The molecule has 12 atom stereocenters. The molecular formula is C40H44O13. The van der Waals surface area contributed by atoms with E-state index in [9.17, 15) is 39.0 Å². The Labute approximate surface area is 305 Å². The molecule has 2 aliphatic heterocycles. The quantitative estimate of drug-likeness (QED) is 0.173. The van der Waals surface area contributed by atoms with Gasteiger partial charge in [0.25, 0.3) is 0 Å². The lowest BCUT2D eigenvalue weighted by molar-refractivity contribution is -0.191. The molecule has 0 saturated heterocycles. The number of ether oxygens (including phenoxy) is 5. The first-order chi connectivity index (χ1) is 25.0. The first kappa shape index (κ1) is 34.7. The van der Waals surface area contributed by atoms with Crippen LogP contribution < -0.4 is 0 Å². The van der Waals surface area contributed by atoms with Gasteiger partial charge in [-0.05, 0) is 85.3 Å². The number of hydrogen-bond acceptors (Lipinski definition) is 13. The summed E-state index contributed by atoms with van der Waals surface area (Å²) in [7, 11) is 1.22. The number of cyclic esters (lactones) is 3. The Bertz CT molecular complexity index is 1970. The number of hydrogen-bond donors (Lipinski definition) is 2. The minimum absolute atomic E-state index is 0.00140. The van der Waals surface area contributed by atoms with Crippen LogP contribution in [0.15, 0.2) is 45.1 Å². The molecule has 12 unspecified atom stereocenters. The zero-order valence-electron chi connectivity index (χ0n) is 30.4. The van der Waals surface area contributed by atoms with Crippen molar-refractivity contribution in [2.75, 3.05) is 26.9 Å². The molecule has 2 N–H and O–H groups in total. The molecular weight excluding hydrogens is 688 g/mol. The third kappa shape index (κ3) is 4.26. The predicted octanol–water partition coefficient (Wildman–Crippen LogP) is 2.38. The van der Waals surface area contributed by atoms with Gasteiger partial charge >= 0.3 is 29.8 Å². The smallest absolute Gasteiger partial charge is 0.338 e. The van der Waals surface area contributed by atoms with Gasteiger partial charge in [0, 0.05) is 34.5 Å². The Morgan fingerprint density at radius 3 is 2.32 bits per heavy atom. The fourth-order valence-corrected chi connectivity index (χ4v) is 12.7. The number of carbonyl (C=O) groups is 6. The van der Waals surface area contributed by atoms with E-state index in [-0.39, 0.29) is 72.9 Å². The fourth-order valence-electron chi connectivity index (χ4n) is 12.7. The zero-order valence-corrected chi connectivity index (χ0v) is 30.4. The van der Waals surface area contributed by atoms with E-state index in [0.717, 1.165) is 17.6 Å². The lowest BCUT2D eigenvalue weighted by atomic mass is 9.42. The van der Waals surface area contributed by atoms with Crippen molar-refractivity contribution in [1.82, 2.24) is 0 Å². The van der Waals surface area contributed by atoms with Crippen LogP contribution in [-0.2, 0) is 52.5 Å². The Hall–Kier alpha value is -4.10. The van der Waals surface area contributed by atoms with Crippen LogP contribution in [0.5, 0.6) is 0 Å².